The first-order valence-corrected chi connectivity index (χ1v) is 9.19. The van der Waals surface area contributed by atoms with E-state index in [0.29, 0.717) is 22.6 Å². The van der Waals surface area contributed by atoms with E-state index >= 15 is 0 Å². The molecule has 0 atom stereocenters. The molecule has 3 aromatic rings. The number of rotatable bonds is 6. The van der Waals surface area contributed by atoms with E-state index in [2.05, 4.69) is 15.8 Å². The van der Waals surface area contributed by atoms with Crippen LogP contribution in [0.3, 0.4) is 0 Å². The molecule has 0 heterocycles. The van der Waals surface area contributed by atoms with Gasteiger partial charge in [-0.2, -0.15) is 5.10 Å². The number of benzene rings is 3. The molecule has 0 aliphatic rings. The van der Waals surface area contributed by atoms with Crippen molar-refractivity contribution in [2.24, 2.45) is 5.10 Å². The van der Waals surface area contributed by atoms with Gasteiger partial charge in [-0.05, 0) is 48.4 Å². The Morgan fingerprint density at radius 1 is 1.00 bits per heavy atom. The van der Waals surface area contributed by atoms with Crippen LogP contribution in [0.15, 0.2) is 77.9 Å². The van der Waals surface area contributed by atoms with E-state index in [1.54, 1.807) is 48.5 Å². The molecule has 7 heteroatoms. The maximum Gasteiger partial charge on any atom is 0.329 e. The second kappa shape index (κ2) is 9.97. The largest absolute Gasteiger partial charge is 0.488 e. The zero-order valence-electron chi connectivity index (χ0n) is 16.3. The summed E-state index contributed by atoms with van der Waals surface area (Å²) in [7, 11) is 0. The van der Waals surface area contributed by atoms with Crippen molar-refractivity contribution in [3.05, 3.63) is 95.3 Å². The third kappa shape index (κ3) is 5.75. The standard InChI is InChI=1S/C23H20FN3O3/c1-16-7-2-4-11-20(16)26-22(28)23(29)27-25-14-18-9-3-5-12-21(18)30-15-17-8-6-10-19(24)13-17/h2-14H,15H2,1H3,(H,26,28)(H,27,29)/b25-14-. The minimum absolute atomic E-state index is 0.174. The van der Waals surface area contributed by atoms with Gasteiger partial charge in [0.25, 0.3) is 0 Å². The summed E-state index contributed by atoms with van der Waals surface area (Å²) in [5.74, 6) is -1.55. The lowest BCUT2D eigenvalue weighted by atomic mass is 10.2. The van der Waals surface area contributed by atoms with E-state index in [1.807, 2.05) is 19.1 Å². The van der Waals surface area contributed by atoms with Gasteiger partial charge in [0.15, 0.2) is 0 Å². The summed E-state index contributed by atoms with van der Waals surface area (Å²) in [5.41, 5.74) is 4.86. The Morgan fingerprint density at radius 2 is 1.77 bits per heavy atom. The number of anilines is 1. The highest BCUT2D eigenvalue weighted by molar-refractivity contribution is 6.39. The topological polar surface area (TPSA) is 79.8 Å². The SMILES string of the molecule is Cc1ccccc1NC(=O)C(=O)N/N=C\c1ccccc1OCc1cccc(F)c1. The predicted molar refractivity (Wildman–Crippen MR) is 113 cm³/mol. The van der Waals surface area contributed by atoms with Gasteiger partial charge in [0.2, 0.25) is 0 Å². The predicted octanol–water partition coefficient (Wildman–Crippen LogP) is 3.80. The molecule has 0 radical (unpaired) electrons. The summed E-state index contributed by atoms with van der Waals surface area (Å²) < 4.78 is 19.0. The van der Waals surface area contributed by atoms with Crippen molar-refractivity contribution in [3.8, 4) is 5.75 Å². The van der Waals surface area contributed by atoms with Gasteiger partial charge in [-0.3, -0.25) is 9.59 Å². The van der Waals surface area contributed by atoms with Gasteiger partial charge >= 0.3 is 11.8 Å². The number of hydrogen-bond acceptors (Lipinski definition) is 4. The zero-order valence-corrected chi connectivity index (χ0v) is 16.3. The Bertz CT molecular complexity index is 1080. The molecular weight excluding hydrogens is 385 g/mol. The number of nitrogens with one attached hydrogen (secondary N) is 2. The lowest BCUT2D eigenvalue weighted by molar-refractivity contribution is -0.136. The molecule has 0 spiro atoms. The van der Waals surface area contributed by atoms with E-state index in [4.69, 9.17) is 4.74 Å². The van der Waals surface area contributed by atoms with E-state index in [0.717, 1.165) is 5.56 Å². The molecule has 152 valence electrons. The van der Waals surface area contributed by atoms with Gasteiger partial charge < -0.3 is 10.1 Å². The molecule has 0 fully saturated rings. The maximum absolute atomic E-state index is 13.3. The van der Waals surface area contributed by atoms with Crippen molar-refractivity contribution < 1.29 is 18.7 Å². The summed E-state index contributed by atoms with van der Waals surface area (Å²) in [6.45, 7) is 2.00. The molecular formula is C23H20FN3O3. The first kappa shape index (κ1) is 20.7. The Kier molecular flexibility index (Phi) is 6.89. The molecule has 0 aliphatic carbocycles. The minimum Gasteiger partial charge on any atom is -0.488 e. The van der Waals surface area contributed by atoms with E-state index in [9.17, 15) is 14.0 Å². The van der Waals surface area contributed by atoms with Gasteiger partial charge in [0.1, 0.15) is 18.2 Å². The van der Waals surface area contributed by atoms with Crippen LogP contribution in [0.5, 0.6) is 5.75 Å². The van der Waals surface area contributed by atoms with Gasteiger partial charge in [-0.15, -0.1) is 0 Å². The van der Waals surface area contributed by atoms with Crippen molar-refractivity contribution in [2.75, 3.05) is 5.32 Å². The van der Waals surface area contributed by atoms with Gasteiger partial charge in [0, 0.05) is 11.3 Å². The molecule has 6 nitrogen and oxygen atoms in total. The maximum atomic E-state index is 13.3. The van der Waals surface area contributed by atoms with E-state index in [-0.39, 0.29) is 12.4 Å². The number of ether oxygens (including phenoxy) is 1. The molecule has 0 saturated carbocycles. The second-order valence-corrected chi connectivity index (χ2v) is 6.42. The van der Waals surface area contributed by atoms with Crippen LogP contribution in [0.2, 0.25) is 0 Å². The fourth-order valence-corrected chi connectivity index (χ4v) is 2.61. The summed E-state index contributed by atoms with van der Waals surface area (Å²) in [6, 6.07) is 20.3. The third-order valence-electron chi connectivity index (χ3n) is 4.17. The first-order valence-electron chi connectivity index (χ1n) is 9.19. The van der Waals surface area contributed by atoms with Crippen LogP contribution < -0.4 is 15.5 Å². The third-order valence-corrected chi connectivity index (χ3v) is 4.17. The summed E-state index contributed by atoms with van der Waals surface area (Å²) in [5, 5.41) is 6.36. The van der Waals surface area contributed by atoms with Gasteiger partial charge in [0.05, 0.1) is 6.21 Å². The Morgan fingerprint density at radius 3 is 2.57 bits per heavy atom. The van der Waals surface area contributed by atoms with Crippen LogP contribution in [0.4, 0.5) is 10.1 Å². The summed E-state index contributed by atoms with van der Waals surface area (Å²) >= 11 is 0. The summed E-state index contributed by atoms with van der Waals surface area (Å²) in [4.78, 5) is 24.0. The summed E-state index contributed by atoms with van der Waals surface area (Å²) in [6.07, 6.45) is 1.37. The Hall–Kier alpha value is -4.00. The second-order valence-electron chi connectivity index (χ2n) is 6.42. The lowest BCUT2D eigenvalue weighted by Gasteiger charge is -2.09. The number of hydrogen-bond donors (Lipinski definition) is 2. The van der Waals surface area contributed by atoms with Crippen molar-refractivity contribution in [1.82, 2.24) is 5.43 Å². The highest BCUT2D eigenvalue weighted by Crippen LogP contribution is 2.18. The number of aryl methyl sites for hydroxylation is 1. The molecule has 0 unspecified atom stereocenters. The average Bonchev–Trinajstić information content (AvgIpc) is 2.74. The number of amides is 2. The Labute approximate surface area is 173 Å². The van der Waals surface area contributed by atoms with Crippen molar-refractivity contribution >= 4 is 23.7 Å². The fourth-order valence-electron chi connectivity index (χ4n) is 2.61. The highest BCUT2D eigenvalue weighted by atomic mass is 19.1. The molecule has 2 amide bonds. The molecule has 3 rings (SSSR count). The van der Waals surface area contributed by atoms with Crippen molar-refractivity contribution in [3.63, 3.8) is 0 Å². The molecule has 0 bridgehead atoms. The number of carbonyl (C=O) groups is 2. The molecule has 0 saturated heterocycles. The number of para-hydroxylation sites is 2. The van der Waals surface area contributed by atoms with Crippen LogP contribution in [0, 0.1) is 12.7 Å². The van der Waals surface area contributed by atoms with E-state index in [1.165, 1.54) is 18.3 Å². The molecule has 30 heavy (non-hydrogen) atoms. The van der Waals surface area contributed by atoms with Crippen molar-refractivity contribution in [2.45, 2.75) is 13.5 Å². The van der Waals surface area contributed by atoms with Crippen LogP contribution in [-0.4, -0.2) is 18.0 Å². The van der Waals surface area contributed by atoms with Gasteiger partial charge in [-0.25, -0.2) is 9.82 Å². The molecule has 3 aromatic carbocycles. The van der Waals surface area contributed by atoms with Crippen LogP contribution in [-0.2, 0) is 16.2 Å². The highest BCUT2D eigenvalue weighted by Gasteiger charge is 2.13. The van der Waals surface area contributed by atoms with Crippen molar-refractivity contribution in [1.29, 1.82) is 0 Å². The quantitative estimate of drug-likeness (QED) is 0.372. The number of nitrogens with zero attached hydrogens (tertiary/aromatic N) is 1. The number of halogens is 1. The zero-order chi connectivity index (χ0) is 21.3. The average molecular weight is 405 g/mol. The van der Waals surface area contributed by atoms with Crippen LogP contribution in [0.25, 0.3) is 0 Å². The molecule has 2 N–H and O–H groups in total. The number of hydrazone groups is 1. The monoisotopic (exact) mass is 405 g/mol. The lowest BCUT2D eigenvalue weighted by Crippen LogP contribution is -2.32. The molecule has 0 aliphatic heterocycles. The fraction of sp³-hybridized carbons (Fsp3) is 0.0870. The smallest absolute Gasteiger partial charge is 0.329 e. The minimum atomic E-state index is -0.896. The first-order chi connectivity index (χ1) is 14.5. The van der Waals surface area contributed by atoms with E-state index < -0.39 is 11.8 Å². The molecule has 0 aromatic heterocycles. The number of carbonyl (C=O) groups excluding carboxylic acids is 2. The normalized spacial score (nSPS) is 10.6. The van der Waals surface area contributed by atoms with Crippen LogP contribution in [0.1, 0.15) is 16.7 Å². The Balaban J connectivity index is 1.58. The van der Waals surface area contributed by atoms with Crippen LogP contribution >= 0.6 is 0 Å². The van der Waals surface area contributed by atoms with Gasteiger partial charge in [-0.1, -0.05) is 42.5 Å².